The molecule has 0 unspecified atom stereocenters. The second-order valence-corrected chi connectivity index (χ2v) is 7.25. The number of nitrogens with zero attached hydrogens (tertiary/aromatic N) is 1. The highest BCUT2D eigenvalue weighted by molar-refractivity contribution is 7.89. The third-order valence-corrected chi connectivity index (χ3v) is 5.67. The Morgan fingerprint density at radius 1 is 1.38 bits per heavy atom. The Bertz CT molecular complexity index is 644. The van der Waals surface area contributed by atoms with Crippen LogP contribution in [-0.4, -0.2) is 36.4 Å². The number of carboxylic acids is 1. The molecule has 0 aliphatic heterocycles. The largest absolute Gasteiger partial charge is 0.480 e. The minimum absolute atomic E-state index is 0.0806. The Kier molecular flexibility index (Phi) is 4.85. The average molecular weight is 336 g/mol. The monoisotopic (exact) mass is 335 g/mol. The van der Waals surface area contributed by atoms with Gasteiger partial charge < -0.3 is 5.11 Å². The van der Waals surface area contributed by atoms with E-state index in [0.29, 0.717) is 12.8 Å². The third kappa shape index (κ3) is 3.53. The van der Waals surface area contributed by atoms with Gasteiger partial charge in [-0.25, -0.2) is 12.8 Å². The molecule has 5 nitrogen and oxygen atoms in total. The molecule has 0 spiro atoms. The Morgan fingerprint density at radius 3 is 2.52 bits per heavy atom. The van der Waals surface area contributed by atoms with Crippen molar-refractivity contribution in [2.45, 2.75) is 36.6 Å². The summed E-state index contributed by atoms with van der Waals surface area (Å²) in [5.74, 6) is -2.24. The Hall–Kier alpha value is -1.18. The van der Waals surface area contributed by atoms with Crippen LogP contribution in [0.2, 0.25) is 5.02 Å². The maximum absolute atomic E-state index is 13.9. The van der Waals surface area contributed by atoms with Crippen LogP contribution >= 0.6 is 11.6 Å². The zero-order valence-corrected chi connectivity index (χ0v) is 12.7. The molecule has 0 saturated heterocycles. The van der Waals surface area contributed by atoms with Crippen molar-refractivity contribution < 1.29 is 22.7 Å². The quantitative estimate of drug-likeness (QED) is 0.897. The van der Waals surface area contributed by atoms with Gasteiger partial charge >= 0.3 is 5.97 Å². The van der Waals surface area contributed by atoms with Gasteiger partial charge in [-0.1, -0.05) is 24.4 Å². The first-order valence-corrected chi connectivity index (χ1v) is 8.33. The molecule has 1 N–H and O–H groups in total. The predicted molar refractivity (Wildman–Crippen MR) is 75.2 cm³/mol. The van der Waals surface area contributed by atoms with Crippen LogP contribution in [-0.2, 0) is 14.8 Å². The fraction of sp³-hybridized carbons (Fsp3) is 0.462. The van der Waals surface area contributed by atoms with Crippen molar-refractivity contribution in [1.29, 1.82) is 0 Å². The van der Waals surface area contributed by atoms with Gasteiger partial charge in [0.2, 0.25) is 10.0 Å². The van der Waals surface area contributed by atoms with Gasteiger partial charge in [-0.3, -0.25) is 4.79 Å². The van der Waals surface area contributed by atoms with E-state index in [-0.39, 0.29) is 5.02 Å². The number of sulfonamides is 1. The second kappa shape index (κ2) is 6.29. The summed E-state index contributed by atoms with van der Waals surface area (Å²) in [4.78, 5) is 10.4. The third-order valence-electron chi connectivity index (χ3n) is 3.50. The van der Waals surface area contributed by atoms with E-state index in [9.17, 15) is 17.6 Å². The first-order valence-electron chi connectivity index (χ1n) is 6.51. The van der Waals surface area contributed by atoms with E-state index in [2.05, 4.69) is 0 Å². The lowest BCUT2D eigenvalue weighted by Crippen LogP contribution is -2.42. The summed E-state index contributed by atoms with van der Waals surface area (Å²) in [6, 6.07) is 2.84. The van der Waals surface area contributed by atoms with E-state index >= 15 is 0 Å². The van der Waals surface area contributed by atoms with Crippen molar-refractivity contribution >= 4 is 27.6 Å². The smallest absolute Gasteiger partial charge is 0.318 e. The van der Waals surface area contributed by atoms with Crippen molar-refractivity contribution in [3.8, 4) is 0 Å². The second-order valence-electron chi connectivity index (χ2n) is 4.96. The topological polar surface area (TPSA) is 74.7 Å². The molecule has 2 rings (SSSR count). The molecule has 0 atom stereocenters. The van der Waals surface area contributed by atoms with Crippen LogP contribution in [0.25, 0.3) is 0 Å². The van der Waals surface area contributed by atoms with E-state index in [4.69, 9.17) is 16.7 Å². The van der Waals surface area contributed by atoms with Gasteiger partial charge in [-0.05, 0) is 31.0 Å². The molecule has 0 amide bonds. The van der Waals surface area contributed by atoms with Crippen molar-refractivity contribution in [3.05, 3.63) is 29.0 Å². The summed E-state index contributed by atoms with van der Waals surface area (Å²) in [6.45, 7) is -0.672. The van der Waals surface area contributed by atoms with E-state index in [0.717, 1.165) is 29.3 Å². The van der Waals surface area contributed by atoms with Gasteiger partial charge in [-0.2, -0.15) is 4.31 Å². The number of aliphatic carboxylic acids is 1. The van der Waals surface area contributed by atoms with Crippen LogP contribution in [0.3, 0.4) is 0 Å². The highest BCUT2D eigenvalue weighted by atomic mass is 35.5. The van der Waals surface area contributed by atoms with Crippen molar-refractivity contribution in [3.63, 3.8) is 0 Å². The van der Waals surface area contributed by atoms with Gasteiger partial charge in [0.15, 0.2) is 0 Å². The SMILES string of the molecule is O=C(O)CN(C1CCCC1)S(=O)(=O)c1ccc(Cl)cc1F. The molecule has 0 radical (unpaired) electrons. The van der Waals surface area contributed by atoms with Gasteiger partial charge in [0.25, 0.3) is 0 Å². The molecule has 1 aromatic rings. The number of carbonyl (C=O) groups is 1. The van der Waals surface area contributed by atoms with Crippen LogP contribution in [0.4, 0.5) is 4.39 Å². The molecule has 21 heavy (non-hydrogen) atoms. The standard InChI is InChI=1S/C13H15ClFNO4S/c14-9-5-6-12(11(15)7-9)21(19,20)16(8-13(17)18)10-3-1-2-4-10/h5-7,10H,1-4,8H2,(H,17,18). The Morgan fingerprint density at radius 2 is 2.00 bits per heavy atom. The molecular weight excluding hydrogens is 321 g/mol. The van der Waals surface area contributed by atoms with Crippen molar-refractivity contribution in [2.24, 2.45) is 0 Å². The molecule has 8 heteroatoms. The lowest BCUT2D eigenvalue weighted by atomic mass is 10.2. The van der Waals surface area contributed by atoms with Gasteiger partial charge in [0, 0.05) is 11.1 Å². The van der Waals surface area contributed by atoms with Crippen molar-refractivity contribution in [2.75, 3.05) is 6.54 Å². The van der Waals surface area contributed by atoms with Crippen LogP contribution in [0.5, 0.6) is 0 Å². The van der Waals surface area contributed by atoms with Crippen LogP contribution < -0.4 is 0 Å². The summed E-state index contributed by atoms with van der Waals surface area (Å²) < 4.78 is 39.9. The summed E-state index contributed by atoms with van der Waals surface area (Å²) in [7, 11) is -4.21. The van der Waals surface area contributed by atoms with Gasteiger partial charge in [0.05, 0.1) is 0 Å². The maximum atomic E-state index is 13.9. The number of hydrogen-bond donors (Lipinski definition) is 1. The molecule has 116 valence electrons. The predicted octanol–water partition coefficient (Wildman–Crippen LogP) is 2.50. The molecule has 0 heterocycles. The lowest BCUT2D eigenvalue weighted by molar-refractivity contribution is -0.137. The maximum Gasteiger partial charge on any atom is 0.318 e. The number of benzene rings is 1. The first-order chi connectivity index (χ1) is 9.82. The van der Waals surface area contributed by atoms with E-state index in [1.807, 2.05) is 0 Å². The first kappa shape index (κ1) is 16.2. The summed E-state index contributed by atoms with van der Waals surface area (Å²) >= 11 is 5.62. The minimum atomic E-state index is -4.21. The molecule has 1 aliphatic carbocycles. The van der Waals surface area contributed by atoms with Crippen LogP contribution in [0, 0.1) is 5.82 Å². The molecule has 0 bridgehead atoms. The number of halogens is 2. The summed E-state index contributed by atoms with van der Waals surface area (Å²) in [6.07, 6.45) is 2.84. The Labute approximate surface area is 127 Å². The summed E-state index contributed by atoms with van der Waals surface area (Å²) in [5.41, 5.74) is 0. The molecule has 1 aliphatic rings. The van der Waals surface area contributed by atoms with Gasteiger partial charge in [-0.15, -0.1) is 0 Å². The molecule has 1 saturated carbocycles. The molecule has 1 fully saturated rings. The normalized spacial score (nSPS) is 16.5. The zero-order valence-electron chi connectivity index (χ0n) is 11.1. The van der Waals surface area contributed by atoms with Crippen LogP contribution in [0.15, 0.2) is 23.1 Å². The van der Waals surface area contributed by atoms with E-state index in [1.165, 1.54) is 6.07 Å². The summed E-state index contributed by atoms with van der Waals surface area (Å²) in [5, 5.41) is 9.03. The zero-order chi connectivity index (χ0) is 15.6. The van der Waals surface area contributed by atoms with E-state index in [1.54, 1.807) is 0 Å². The van der Waals surface area contributed by atoms with Crippen molar-refractivity contribution in [1.82, 2.24) is 4.31 Å². The minimum Gasteiger partial charge on any atom is -0.480 e. The van der Waals surface area contributed by atoms with E-state index < -0.39 is 39.3 Å². The molecule has 0 aromatic heterocycles. The number of hydrogen-bond acceptors (Lipinski definition) is 3. The van der Waals surface area contributed by atoms with Gasteiger partial charge in [0.1, 0.15) is 17.3 Å². The fourth-order valence-electron chi connectivity index (χ4n) is 2.55. The highest BCUT2D eigenvalue weighted by Gasteiger charge is 2.36. The Balaban J connectivity index is 2.43. The average Bonchev–Trinajstić information content (AvgIpc) is 2.88. The lowest BCUT2D eigenvalue weighted by Gasteiger charge is -2.26. The molecular formula is C13H15ClFNO4S. The number of rotatable bonds is 5. The van der Waals surface area contributed by atoms with Crippen LogP contribution in [0.1, 0.15) is 25.7 Å². The fourth-order valence-corrected chi connectivity index (χ4v) is 4.39. The number of carboxylic acid groups (broad SMARTS) is 1. The molecule has 1 aromatic carbocycles. The highest BCUT2D eigenvalue weighted by Crippen LogP contribution is 2.30.